The number of morpholine rings is 1. The maximum atomic E-state index is 9.24. The van der Waals surface area contributed by atoms with E-state index in [9.17, 15) is 5.11 Å². The number of hydrogen-bond acceptors (Lipinski definition) is 3. The van der Waals surface area contributed by atoms with Crippen LogP contribution in [0.25, 0.3) is 0 Å². The van der Waals surface area contributed by atoms with Crippen LogP contribution in [-0.2, 0) is 4.74 Å². The van der Waals surface area contributed by atoms with Crippen LogP contribution >= 0.6 is 12.4 Å². The lowest BCUT2D eigenvalue weighted by atomic mass is 10.2. The third kappa shape index (κ3) is 1.85. The van der Waals surface area contributed by atoms with Gasteiger partial charge in [-0.25, -0.2) is 0 Å². The molecule has 3 atom stereocenters. The highest BCUT2D eigenvalue weighted by molar-refractivity contribution is 5.85. The molecular weight excluding hydrogens is 166 g/mol. The Labute approximate surface area is 72.5 Å². The first-order chi connectivity index (χ1) is 4.86. The summed E-state index contributed by atoms with van der Waals surface area (Å²) in [5.74, 6) is 0. The molecule has 1 saturated heterocycles. The maximum Gasteiger partial charge on any atom is 0.0754 e. The zero-order valence-corrected chi connectivity index (χ0v) is 7.14. The number of ether oxygens (including phenoxy) is 1. The molecule has 0 radical (unpaired) electrons. The van der Waals surface area contributed by atoms with Gasteiger partial charge in [-0.15, -0.1) is 12.4 Å². The van der Waals surface area contributed by atoms with Crippen molar-refractivity contribution >= 4 is 12.4 Å². The van der Waals surface area contributed by atoms with E-state index in [-0.39, 0.29) is 24.6 Å². The molecular formula is C7H14ClNO2. The van der Waals surface area contributed by atoms with E-state index in [2.05, 4.69) is 5.32 Å². The highest BCUT2D eigenvalue weighted by atomic mass is 35.5. The van der Waals surface area contributed by atoms with Crippen LogP contribution in [0.5, 0.6) is 0 Å². The smallest absolute Gasteiger partial charge is 0.0754 e. The van der Waals surface area contributed by atoms with E-state index in [0.29, 0.717) is 6.04 Å². The van der Waals surface area contributed by atoms with Gasteiger partial charge in [-0.2, -0.15) is 0 Å². The Hall–Kier alpha value is 0.170. The molecule has 0 spiro atoms. The molecule has 0 aromatic rings. The molecule has 2 N–H and O–H groups in total. The second-order valence-corrected chi connectivity index (χ2v) is 3.10. The van der Waals surface area contributed by atoms with Crippen LogP contribution in [-0.4, -0.2) is 36.5 Å². The van der Waals surface area contributed by atoms with Crippen molar-refractivity contribution in [3.05, 3.63) is 0 Å². The normalized spacial score (nSPS) is 42.8. The first-order valence-corrected chi connectivity index (χ1v) is 3.89. The first-order valence-electron chi connectivity index (χ1n) is 3.89. The number of halogens is 1. The van der Waals surface area contributed by atoms with E-state index in [1.54, 1.807) is 0 Å². The van der Waals surface area contributed by atoms with Gasteiger partial charge in [-0.1, -0.05) is 0 Å². The second-order valence-electron chi connectivity index (χ2n) is 3.10. The highest BCUT2D eigenvalue weighted by Gasteiger charge is 2.35. The van der Waals surface area contributed by atoms with Crippen LogP contribution in [0.4, 0.5) is 0 Å². The van der Waals surface area contributed by atoms with Crippen molar-refractivity contribution in [3.63, 3.8) is 0 Å². The predicted molar refractivity (Wildman–Crippen MR) is 44.0 cm³/mol. The molecule has 1 aliphatic heterocycles. The molecule has 0 bridgehead atoms. The van der Waals surface area contributed by atoms with Crippen molar-refractivity contribution in [2.45, 2.75) is 31.1 Å². The lowest BCUT2D eigenvalue weighted by Gasteiger charge is -2.26. The van der Waals surface area contributed by atoms with E-state index in [4.69, 9.17) is 4.74 Å². The van der Waals surface area contributed by atoms with E-state index in [0.717, 1.165) is 26.0 Å². The van der Waals surface area contributed by atoms with E-state index < -0.39 is 0 Å². The average molecular weight is 180 g/mol. The Morgan fingerprint density at radius 2 is 2.18 bits per heavy atom. The van der Waals surface area contributed by atoms with Crippen molar-refractivity contribution in [2.75, 3.05) is 13.2 Å². The summed E-state index contributed by atoms with van der Waals surface area (Å²) in [6, 6.07) is 0.420. The Bertz CT molecular complexity index is 120. The molecule has 0 aromatic carbocycles. The summed E-state index contributed by atoms with van der Waals surface area (Å²) < 4.78 is 5.45. The summed E-state index contributed by atoms with van der Waals surface area (Å²) in [7, 11) is 0. The molecule has 4 heteroatoms. The molecule has 2 rings (SSSR count). The zero-order valence-electron chi connectivity index (χ0n) is 6.32. The number of aliphatic hydroxyl groups is 1. The first kappa shape index (κ1) is 9.26. The lowest BCUT2D eigenvalue weighted by Crippen LogP contribution is -2.44. The summed E-state index contributed by atoms with van der Waals surface area (Å²) in [6.07, 6.45) is 1.83. The molecule has 2 fully saturated rings. The number of aliphatic hydroxyl groups excluding tert-OH is 1. The molecule has 0 unspecified atom stereocenters. The van der Waals surface area contributed by atoms with Gasteiger partial charge in [0.2, 0.25) is 0 Å². The largest absolute Gasteiger partial charge is 0.393 e. The van der Waals surface area contributed by atoms with Crippen molar-refractivity contribution < 1.29 is 9.84 Å². The minimum atomic E-state index is -0.138. The molecule has 66 valence electrons. The Morgan fingerprint density at radius 1 is 1.36 bits per heavy atom. The van der Waals surface area contributed by atoms with Gasteiger partial charge in [0.1, 0.15) is 0 Å². The third-order valence-corrected chi connectivity index (χ3v) is 2.32. The van der Waals surface area contributed by atoms with Crippen molar-refractivity contribution in [3.8, 4) is 0 Å². The molecule has 11 heavy (non-hydrogen) atoms. The third-order valence-electron chi connectivity index (χ3n) is 2.32. The summed E-state index contributed by atoms with van der Waals surface area (Å²) in [4.78, 5) is 0. The van der Waals surface area contributed by atoms with Crippen LogP contribution in [0.2, 0.25) is 0 Å². The molecule has 3 nitrogen and oxygen atoms in total. The molecule has 2 aliphatic rings. The Morgan fingerprint density at radius 3 is 2.91 bits per heavy atom. The predicted octanol–water partition coefficient (Wildman–Crippen LogP) is -0.0801. The minimum absolute atomic E-state index is 0. The average Bonchev–Trinajstić information content (AvgIpc) is 2.27. The number of fused-ring (bicyclic) bond motifs is 1. The van der Waals surface area contributed by atoms with Gasteiger partial charge in [-0.3, -0.25) is 0 Å². The van der Waals surface area contributed by atoms with Gasteiger partial charge in [-0.05, 0) is 6.42 Å². The van der Waals surface area contributed by atoms with Crippen LogP contribution in [0.3, 0.4) is 0 Å². The van der Waals surface area contributed by atoms with Gasteiger partial charge in [0.25, 0.3) is 0 Å². The number of rotatable bonds is 0. The van der Waals surface area contributed by atoms with Crippen LogP contribution in [0.15, 0.2) is 0 Å². The summed E-state index contributed by atoms with van der Waals surface area (Å²) in [5.41, 5.74) is 0. The van der Waals surface area contributed by atoms with Crippen molar-refractivity contribution in [1.82, 2.24) is 5.32 Å². The van der Waals surface area contributed by atoms with E-state index >= 15 is 0 Å². The lowest BCUT2D eigenvalue weighted by molar-refractivity contribution is 0.00774. The van der Waals surface area contributed by atoms with Gasteiger partial charge in [0.15, 0.2) is 0 Å². The maximum absolute atomic E-state index is 9.24. The monoisotopic (exact) mass is 179 g/mol. The van der Waals surface area contributed by atoms with Gasteiger partial charge >= 0.3 is 0 Å². The fourth-order valence-electron chi connectivity index (χ4n) is 1.83. The summed E-state index contributed by atoms with van der Waals surface area (Å²) in [6.45, 7) is 1.74. The number of nitrogens with one attached hydrogen (secondary N) is 1. The topological polar surface area (TPSA) is 41.5 Å². The molecule has 0 amide bonds. The van der Waals surface area contributed by atoms with E-state index in [1.165, 1.54) is 0 Å². The quantitative estimate of drug-likeness (QED) is 0.547. The van der Waals surface area contributed by atoms with Gasteiger partial charge < -0.3 is 15.2 Å². The standard InChI is InChI=1S/C7H13NO2.ClH/c9-5-3-6-7(4-5)10-2-1-8-6;/h5-9H,1-4H2;1H/t5-,6+,7-;/m1./s1. The van der Waals surface area contributed by atoms with Crippen LogP contribution < -0.4 is 5.32 Å². The van der Waals surface area contributed by atoms with Gasteiger partial charge in [0, 0.05) is 19.0 Å². The van der Waals surface area contributed by atoms with Crippen LogP contribution in [0, 0.1) is 0 Å². The molecule has 1 saturated carbocycles. The molecule has 1 heterocycles. The fourth-order valence-corrected chi connectivity index (χ4v) is 1.83. The zero-order chi connectivity index (χ0) is 6.97. The van der Waals surface area contributed by atoms with Crippen molar-refractivity contribution in [2.24, 2.45) is 0 Å². The Kier molecular flexibility index (Phi) is 3.13. The minimum Gasteiger partial charge on any atom is -0.393 e. The molecule has 0 aromatic heterocycles. The number of hydrogen-bond donors (Lipinski definition) is 2. The van der Waals surface area contributed by atoms with E-state index in [1.807, 2.05) is 0 Å². The van der Waals surface area contributed by atoms with Crippen LogP contribution in [0.1, 0.15) is 12.8 Å². The summed E-state index contributed by atoms with van der Waals surface area (Å²) >= 11 is 0. The highest BCUT2D eigenvalue weighted by Crippen LogP contribution is 2.24. The summed E-state index contributed by atoms with van der Waals surface area (Å²) in [5, 5.41) is 12.6. The SMILES string of the molecule is Cl.O[C@@H]1C[C@@H]2NCCO[C@@H]2C1. The second kappa shape index (κ2) is 3.72. The molecule has 1 aliphatic carbocycles. The Balaban J connectivity index is 0.000000605. The fraction of sp³-hybridized carbons (Fsp3) is 1.00. The van der Waals surface area contributed by atoms with Crippen molar-refractivity contribution in [1.29, 1.82) is 0 Å². The van der Waals surface area contributed by atoms with Gasteiger partial charge in [0.05, 0.1) is 18.8 Å².